The second kappa shape index (κ2) is 10.2. The summed E-state index contributed by atoms with van der Waals surface area (Å²) >= 11 is 0.926. The van der Waals surface area contributed by atoms with Crippen molar-refractivity contribution in [2.45, 2.75) is 13.5 Å². The van der Waals surface area contributed by atoms with Crippen LogP contribution in [0.4, 0.5) is 5.13 Å². The molecular formula is C24H20N4O6S. The molecule has 0 aliphatic carbocycles. The van der Waals surface area contributed by atoms with Gasteiger partial charge < -0.3 is 14.6 Å². The van der Waals surface area contributed by atoms with Crippen molar-refractivity contribution in [3.63, 3.8) is 0 Å². The lowest BCUT2D eigenvalue weighted by Gasteiger charge is -2.11. The second-order valence-electron chi connectivity index (χ2n) is 7.25. The van der Waals surface area contributed by atoms with Crippen LogP contribution in [0.5, 0.6) is 11.5 Å². The van der Waals surface area contributed by atoms with Gasteiger partial charge in [-0.3, -0.25) is 14.9 Å². The molecule has 2 N–H and O–H groups in total. The highest BCUT2D eigenvalue weighted by Gasteiger charge is 2.22. The molecule has 0 fully saturated rings. The Morgan fingerprint density at radius 1 is 1.11 bits per heavy atom. The number of aryl methyl sites for hydroxylation is 1. The zero-order valence-electron chi connectivity index (χ0n) is 18.7. The minimum atomic E-state index is -0.816. The predicted octanol–water partition coefficient (Wildman–Crippen LogP) is 3.32. The lowest BCUT2D eigenvalue weighted by Crippen LogP contribution is -2.25. The molecule has 1 amide bonds. The quantitative estimate of drug-likeness (QED) is 0.376. The molecule has 0 bridgehead atoms. The van der Waals surface area contributed by atoms with Gasteiger partial charge in [-0.1, -0.05) is 53.8 Å². The fourth-order valence-electron chi connectivity index (χ4n) is 3.17. The fourth-order valence-corrected chi connectivity index (χ4v) is 4.03. The molecule has 4 aromatic rings. The van der Waals surface area contributed by atoms with Crippen LogP contribution in [0.2, 0.25) is 0 Å². The van der Waals surface area contributed by atoms with Crippen LogP contribution < -0.4 is 15.6 Å². The Bertz CT molecular complexity index is 1450. The topological polar surface area (TPSA) is 133 Å². The highest BCUT2D eigenvalue weighted by Crippen LogP contribution is 2.26. The molecule has 0 aliphatic rings. The van der Waals surface area contributed by atoms with Crippen LogP contribution in [0.15, 0.2) is 65.5 Å². The van der Waals surface area contributed by atoms with E-state index in [1.807, 2.05) is 30.3 Å². The van der Waals surface area contributed by atoms with Gasteiger partial charge in [-0.25, -0.2) is 9.78 Å². The van der Waals surface area contributed by atoms with E-state index in [1.54, 1.807) is 31.2 Å². The van der Waals surface area contributed by atoms with Gasteiger partial charge in [-0.15, -0.1) is 0 Å². The number of aromatic hydroxyl groups is 1. The Morgan fingerprint density at radius 2 is 1.83 bits per heavy atom. The first-order valence-corrected chi connectivity index (χ1v) is 11.2. The molecule has 178 valence electrons. The summed E-state index contributed by atoms with van der Waals surface area (Å²) in [6, 6.07) is 16.7. The number of para-hydroxylation sites is 2. The van der Waals surface area contributed by atoms with Crippen molar-refractivity contribution in [2.75, 3.05) is 12.4 Å². The van der Waals surface area contributed by atoms with E-state index in [9.17, 15) is 19.5 Å². The maximum atomic E-state index is 12.9. The van der Waals surface area contributed by atoms with E-state index in [4.69, 9.17) is 9.47 Å². The first-order valence-electron chi connectivity index (χ1n) is 10.3. The number of nitrogens with zero attached hydrogens (tertiary/aromatic N) is 3. The first-order chi connectivity index (χ1) is 16.9. The largest absolute Gasteiger partial charge is 0.505 e. The van der Waals surface area contributed by atoms with E-state index >= 15 is 0 Å². The van der Waals surface area contributed by atoms with Crippen molar-refractivity contribution >= 4 is 28.3 Å². The maximum Gasteiger partial charge on any atom is 0.350 e. The van der Waals surface area contributed by atoms with Gasteiger partial charge in [0, 0.05) is 6.07 Å². The Morgan fingerprint density at radius 3 is 2.57 bits per heavy atom. The average Bonchev–Trinajstić information content (AvgIpc) is 3.23. The number of amides is 1. The SMILES string of the molecule is COc1ccccc1-n1nc(C(=O)Nc2nc(C)c(C(=O)OCc3ccccc3)s2)c(O)cc1=O. The minimum absolute atomic E-state index is 0.0982. The van der Waals surface area contributed by atoms with Crippen molar-refractivity contribution < 1.29 is 24.2 Å². The molecule has 4 rings (SSSR count). The third kappa shape index (κ3) is 5.20. The molecule has 35 heavy (non-hydrogen) atoms. The summed E-state index contributed by atoms with van der Waals surface area (Å²) in [7, 11) is 1.44. The molecule has 2 aromatic heterocycles. The van der Waals surface area contributed by atoms with E-state index in [0.29, 0.717) is 17.1 Å². The van der Waals surface area contributed by atoms with Gasteiger partial charge >= 0.3 is 5.97 Å². The number of anilines is 1. The summed E-state index contributed by atoms with van der Waals surface area (Å²) in [4.78, 5) is 42.2. The number of aromatic nitrogens is 3. The van der Waals surface area contributed by atoms with Crippen molar-refractivity contribution in [2.24, 2.45) is 0 Å². The number of thiazole rings is 1. The van der Waals surface area contributed by atoms with Crippen LogP contribution in [0.1, 0.15) is 31.4 Å². The highest BCUT2D eigenvalue weighted by atomic mass is 32.1. The van der Waals surface area contributed by atoms with E-state index < -0.39 is 28.9 Å². The van der Waals surface area contributed by atoms with E-state index in [2.05, 4.69) is 15.4 Å². The van der Waals surface area contributed by atoms with Gasteiger partial charge in [0.2, 0.25) is 0 Å². The smallest absolute Gasteiger partial charge is 0.350 e. The van der Waals surface area contributed by atoms with Gasteiger partial charge in [-0.2, -0.15) is 9.78 Å². The number of benzene rings is 2. The normalized spacial score (nSPS) is 10.6. The summed E-state index contributed by atoms with van der Waals surface area (Å²) in [5.41, 5.74) is 0.444. The molecule has 0 radical (unpaired) electrons. The number of ether oxygens (including phenoxy) is 2. The Hall–Kier alpha value is -4.51. The van der Waals surface area contributed by atoms with Gasteiger partial charge in [0.25, 0.3) is 11.5 Å². The fraction of sp³-hybridized carbons (Fsp3) is 0.125. The lowest BCUT2D eigenvalue weighted by molar-refractivity contribution is 0.0477. The highest BCUT2D eigenvalue weighted by molar-refractivity contribution is 7.17. The Kier molecular flexibility index (Phi) is 6.88. The molecule has 2 heterocycles. The maximum absolute atomic E-state index is 12.9. The number of carbonyl (C=O) groups is 2. The van der Waals surface area contributed by atoms with Crippen LogP contribution in [-0.2, 0) is 11.3 Å². The van der Waals surface area contributed by atoms with Crippen molar-refractivity contribution in [1.82, 2.24) is 14.8 Å². The van der Waals surface area contributed by atoms with E-state index in [1.165, 1.54) is 7.11 Å². The molecule has 0 aliphatic heterocycles. The minimum Gasteiger partial charge on any atom is -0.505 e. The first kappa shape index (κ1) is 23.6. The van der Waals surface area contributed by atoms with Crippen molar-refractivity contribution in [3.8, 4) is 17.2 Å². The predicted molar refractivity (Wildman–Crippen MR) is 128 cm³/mol. The average molecular weight is 493 g/mol. The van der Waals surface area contributed by atoms with Crippen molar-refractivity contribution in [1.29, 1.82) is 0 Å². The van der Waals surface area contributed by atoms with Crippen molar-refractivity contribution in [3.05, 3.63) is 92.8 Å². The van der Waals surface area contributed by atoms with E-state index in [-0.39, 0.29) is 16.6 Å². The number of nitrogens with one attached hydrogen (secondary N) is 1. The summed E-state index contributed by atoms with van der Waals surface area (Å²) in [5.74, 6) is -1.64. The molecule has 2 aromatic carbocycles. The third-order valence-electron chi connectivity index (χ3n) is 4.86. The molecular weight excluding hydrogens is 472 g/mol. The summed E-state index contributed by atoms with van der Waals surface area (Å²) < 4.78 is 11.5. The monoisotopic (exact) mass is 492 g/mol. The third-order valence-corrected chi connectivity index (χ3v) is 5.91. The number of rotatable bonds is 7. The molecule has 0 spiro atoms. The van der Waals surface area contributed by atoms with Crippen LogP contribution >= 0.6 is 11.3 Å². The number of hydrogen-bond acceptors (Lipinski definition) is 9. The Labute approximate surface area is 203 Å². The van der Waals surface area contributed by atoms with Crippen LogP contribution in [0.25, 0.3) is 5.69 Å². The number of carbonyl (C=O) groups excluding carboxylic acids is 2. The number of esters is 1. The van der Waals surface area contributed by atoms with Crippen LogP contribution in [0.3, 0.4) is 0 Å². The van der Waals surface area contributed by atoms with Gasteiger partial charge in [-0.05, 0) is 24.6 Å². The summed E-state index contributed by atoms with van der Waals surface area (Å²) in [5, 5.41) is 16.8. The van der Waals surface area contributed by atoms with Gasteiger partial charge in [0.15, 0.2) is 16.6 Å². The zero-order chi connectivity index (χ0) is 24.9. The number of methoxy groups -OCH3 is 1. The molecule has 0 atom stereocenters. The molecule has 10 nitrogen and oxygen atoms in total. The molecule has 11 heteroatoms. The van der Waals surface area contributed by atoms with Crippen LogP contribution in [0, 0.1) is 6.92 Å². The summed E-state index contributed by atoms with van der Waals surface area (Å²) in [6.07, 6.45) is 0. The van der Waals surface area contributed by atoms with Gasteiger partial charge in [0.1, 0.15) is 22.9 Å². The standard InChI is InChI=1S/C24H20N4O6S/c1-14-21(23(32)34-13-15-8-4-3-5-9-15)35-24(25-14)26-22(31)20-17(29)12-19(30)28(27-20)16-10-6-7-11-18(16)33-2/h3-12,29H,13H2,1-2H3,(H,25,26,31). The Balaban J connectivity index is 1.54. The summed E-state index contributed by atoms with van der Waals surface area (Å²) in [6.45, 7) is 1.71. The number of hydrogen-bond donors (Lipinski definition) is 2. The molecule has 0 unspecified atom stereocenters. The van der Waals surface area contributed by atoms with Crippen LogP contribution in [-0.4, -0.2) is 38.9 Å². The zero-order valence-corrected chi connectivity index (χ0v) is 19.5. The second-order valence-corrected chi connectivity index (χ2v) is 8.25. The van der Waals surface area contributed by atoms with E-state index in [0.717, 1.165) is 27.6 Å². The molecule has 0 saturated carbocycles. The lowest BCUT2D eigenvalue weighted by atomic mass is 10.2. The van der Waals surface area contributed by atoms with Gasteiger partial charge in [0.05, 0.1) is 12.8 Å². The molecule has 0 saturated heterocycles.